The molecule has 2 unspecified atom stereocenters. The number of carboxylic acids is 1. The molecule has 2 aromatic carbocycles. The standard InChI is InChI=1S/C22H28N4O3.C2H6/c1-15(14-16-6-3-2-4-7-16)17-9-11-18(12-10-17)20(27)26-19(21(28)29)8-5-13-25-22(23)24;1-2/h2-4,6-7,9-12,15,19H,5,8,13-14H2,1H3,(H,26,27)(H,28,29)(H4,23,24,25);1-2H3. The predicted octanol–water partition coefficient (Wildman–Crippen LogP) is 3.30. The van der Waals surface area contributed by atoms with Gasteiger partial charge >= 0.3 is 5.97 Å². The molecule has 2 aromatic rings. The van der Waals surface area contributed by atoms with Gasteiger partial charge in [0.05, 0.1) is 0 Å². The van der Waals surface area contributed by atoms with E-state index in [0.717, 1.165) is 12.0 Å². The fraction of sp³-hybridized carbons (Fsp3) is 0.375. The number of carbonyl (C=O) groups excluding carboxylic acids is 1. The SMILES string of the molecule is CC.CC(Cc1ccccc1)c1ccc(C(=O)NC(CCCN=C(N)N)C(=O)O)cc1. The molecule has 2 atom stereocenters. The highest BCUT2D eigenvalue weighted by Crippen LogP contribution is 2.21. The summed E-state index contributed by atoms with van der Waals surface area (Å²) in [6, 6.07) is 16.5. The monoisotopic (exact) mass is 426 g/mol. The fourth-order valence-corrected chi connectivity index (χ4v) is 3.05. The van der Waals surface area contributed by atoms with E-state index in [4.69, 9.17) is 11.5 Å². The van der Waals surface area contributed by atoms with Gasteiger partial charge in [0.25, 0.3) is 5.91 Å². The Hall–Kier alpha value is -3.35. The van der Waals surface area contributed by atoms with E-state index in [1.807, 2.05) is 44.2 Å². The molecule has 0 aromatic heterocycles. The second kappa shape index (κ2) is 13.8. The minimum Gasteiger partial charge on any atom is -0.480 e. The first-order valence-electron chi connectivity index (χ1n) is 10.6. The molecule has 1 amide bonds. The number of hydrogen-bond acceptors (Lipinski definition) is 3. The summed E-state index contributed by atoms with van der Waals surface area (Å²) in [5.74, 6) is -1.24. The largest absolute Gasteiger partial charge is 0.480 e. The molecule has 31 heavy (non-hydrogen) atoms. The number of rotatable bonds is 10. The first kappa shape index (κ1) is 25.7. The summed E-state index contributed by atoms with van der Waals surface area (Å²) in [5.41, 5.74) is 13.3. The van der Waals surface area contributed by atoms with Crippen LogP contribution in [0.3, 0.4) is 0 Å². The van der Waals surface area contributed by atoms with E-state index < -0.39 is 17.9 Å². The second-order valence-corrected chi connectivity index (χ2v) is 7.03. The number of carbonyl (C=O) groups is 2. The van der Waals surface area contributed by atoms with Crippen molar-refractivity contribution >= 4 is 17.8 Å². The Bertz CT molecular complexity index is 832. The second-order valence-electron chi connectivity index (χ2n) is 7.03. The molecule has 7 heteroatoms. The fourth-order valence-electron chi connectivity index (χ4n) is 3.05. The molecule has 0 spiro atoms. The Morgan fingerprint density at radius 1 is 1.03 bits per heavy atom. The predicted molar refractivity (Wildman–Crippen MR) is 125 cm³/mol. The molecule has 168 valence electrons. The Labute approximate surface area is 184 Å². The van der Waals surface area contributed by atoms with Crippen LogP contribution in [0.4, 0.5) is 0 Å². The summed E-state index contributed by atoms with van der Waals surface area (Å²) in [6.45, 7) is 6.45. The van der Waals surface area contributed by atoms with Gasteiger partial charge in [-0.25, -0.2) is 4.79 Å². The summed E-state index contributed by atoms with van der Waals surface area (Å²) in [5, 5.41) is 11.9. The summed E-state index contributed by atoms with van der Waals surface area (Å²) in [6.07, 6.45) is 1.60. The minimum absolute atomic E-state index is 0.0394. The minimum atomic E-state index is -1.09. The van der Waals surface area contributed by atoms with Crippen LogP contribution in [0.15, 0.2) is 59.6 Å². The molecule has 2 rings (SSSR count). The third kappa shape index (κ3) is 9.33. The van der Waals surface area contributed by atoms with Crippen molar-refractivity contribution < 1.29 is 14.7 Å². The number of nitrogens with one attached hydrogen (secondary N) is 1. The molecular weight excluding hydrogens is 392 g/mol. The summed E-state index contributed by atoms with van der Waals surface area (Å²) in [4.78, 5) is 27.7. The molecule has 0 saturated heterocycles. The third-order valence-corrected chi connectivity index (χ3v) is 4.68. The zero-order valence-electron chi connectivity index (χ0n) is 18.5. The molecule has 0 bridgehead atoms. The number of hydrogen-bond donors (Lipinski definition) is 4. The maximum atomic E-state index is 12.4. The van der Waals surface area contributed by atoms with Gasteiger partial charge in [-0.1, -0.05) is 63.2 Å². The van der Waals surface area contributed by atoms with Gasteiger partial charge in [-0.2, -0.15) is 0 Å². The lowest BCUT2D eigenvalue weighted by molar-refractivity contribution is -0.139. The normalized spacial score (nSPS) is 12.0. The number of amides is 1. The Kier molecular flexibility index (Phi) is 11.4. The number of benzene rings is 2. The van der Waals surface area contributed by atoms with Crippen LogP contribution in [0.5, 0.6) is 0 Å². The van der Waals surface area contributed by atoms with Gasteiger partial charge < -0.3 is 21.9 Å². The van der Waals surface area contributed by atoms with Gasteiger partial charge in [0.15, 0.2) is 5.96 Å². The van der Waals surface area contributed by atoms with E-state index in [1.165, 1.54) is 5.56 Å². The van der Waals surface area contributed by atoms with Crippen molar-refractivity contribution in [1.29, 1.82) is 0 Å². The van der Waals surface area contributed by atoms with Gasteiger partial charge in [-0.15, -0.1) is 0 Å². The number of guanidine groups is 1. The first-order chi connectivity index (χ1) is 14.9. The highest BCUT2D eigenvalue weighted by molar-refractivity contribution is 5.96. The number of aliphatic carboxylic acids is 1. The molecule has 0 heterocycles. The van der Waals surface area contributed by atoms with Crippen molar-refractivity contribution in [2.24, 2.45) is 16.5 Å². The van der Waals surface area contributed by atoms with Gasteiger partial charge in [-0.05, 0) is 48.4 Å². The average molecular weight is 427 g/mol. The van der Waals surface area contributed by atoms with Crippen LogP contribution in [0.1, 0.15) is 61.0 Å². The lowest BCUT2D eigenvalue weighted by Gasteiger charge is -2.15. The zero-order valence-corrected chi connectivity index (χ0v) is 18.5. The van der Waals surface area contributed by atoms with Crippen LogP contribution in [0.25, 0.3) is 0 Å². The average Bonchev–Trinajstić information content (AvgIpc) is 2.77. The Morgan fingerprint density at radius 3 is 2.19 bits per heavy atom. The number of nitrogens with two attached hydrogens (primary N) is 2. The summed E-state index contributed by atoms with van der Waals surface area (Å²) in [7, 11) is 0. The van der Waals surface area contributed by atoms with Gasteiger partial charge in [-0.3, -0.25) is 9.79 Å². The lowest BCUT2D eigenvalue weighted by Crippen LogP contribution is -2.40. The molecule has 0 aliphatic carbocycles. The van der Waals surface area contributed by atoms with Crippen LogP contribution in [-0.4, -0.2) is 35.5 Å². The highest BCUT2D eigenvalue weighted by atomic mass is 16.4. The van der Waals surface area contributed by atoms with Crippen LogP contribution in [-0.2, 0) is 11.2 Å². The van der Waals surface area contributed by atoms with Crippen LogP contribution in [0.2, 0.25) is 0 Å². The first-order valence-corrected chi connectivity index (χ1v) is 10.6. The van der Waals surface area contributed by atoms with Gasteiger partial charge in [0.1, 0.15) is 6.04 Å². The maximum absolute atomic E-state index is 12.4. The third-order valence-electron chi connectivity index (χ3n) is 4.68. The zero-order chi connectivity index (χ0) is 23.2. The van der Waals surface area contributed by atoms with Crippen molar-refractivity contribution in [2.75, 3.05) is 6.54 Å². The van der Waals surface area contributed by atoms with Gasteiger partial charge in [0, 0.05) is 12.1 Å². The smallest absolute Gasteiger partial charge is 0.326 e. The van der Waals surface area contributed by atoms with Crippen molar-refractivity contribution in [1.82, 2.24) is 5.32 Å². The molecular formula is C24H34N4O3. The lowest BCUT2D eigenvalue weighted by atomic mass is 9.93. The quantitative estimate of drug-likeness (QED) is 0.263. The molecule has 0 aliphatic heterocycles. The molecule has 7 nitrogen and oxygen atoms in total. The van der Waals surface area contributed by atoms with E-state index in [0.29, 0.717) is 24.4 Å². The summed E-state index contributed by atoms with van der Waals surface area (Å²) >= 11 is 0. The van der Waals surface area contributed by atoms with Crippen molar-refractivity contribution in [2.45, 2.75) is 52.0 Å². The molecule has 6 N–H and O–H groups in total. The Balaban J connectivity index is 0.00000233. The van der Waals surface area contributed by atoms with Crippen molar-refractivity contribution in [3.05, 3.63) is 71.3 Å². The Morgan fingerprint density at radius 2 is 1.65 bits per heavy atom. The van der Waals surface area contributed by atoms with Crippen LogP contribution < -0.4 is 16.8 Å². The maximum Gasteiger partial charge on any atom is 0.326 e. The molecule has 0 saturated carbocycles. The highest BCUT2D eigenvalue weighted by Gasteiger charge is 2.20. The number of aliphatic imine (C=N–C) groups is 1. The van der Waals surface area contributed by atoms with E-state index >= 15 is 0 Å². The van der Waals surface area contributed by atoms with Crippen molar-refractivity contribution in [3.63, 3.8) is 0 Å². The summed E-state index contributed by atoms with van der Waals surface area (Å²) < 4.78 is 0. The van der Waals surface area contributed by atoms with E-state index in [2.05, 4.69) is 29.4 Å². The molecule has 0 fully saturated rings. The number of carboxylic acid groups (broad SMARTS) is 1. The van der Waals surface area contributed by atoms with Crippen LogP contribution >= 0.6 is 0 Å². The van der Waals surface area contributed by atoms with Gasteiger partial charge in [0.2, 0.25) is 0 Å². The topological polar surface area (TPSA) is 131 Å². The van der Waals surface area contributed by atoms with E-state index in [1.54, 1.807) is 12.1 Å². The van der Waals surface area contributed by atoms with Crippen molar-refractivity contribution in [3.8, 4) is 0 Å². The van der Waals surface area contributed by atoms with E-state index in [9.17, 15) is 14.7 Å². The van der Waals surface area contributed by atoms with Crippen LogP contribution in [0, 0.1) is 0 Å². The molecule has 0 radical (unpaired) electrons. The number of nitrogens with zero attached hydrogens (tertiary/aromatic N) is 1. The van der Waals surface area contributed by atoms with E-state index in [-0.39, 0.29) is 12.4 Å². The molecule has 0 aliphatic rings.